The number of halogens is 1. The summed E-state index contributed by atoms with van der Waals surface area (Å²) in [5.74, 6) is 0.715. The Morgan fingerprint density at radius 3 is 2.80 bits per heavy atom. The predicted octanol–water partition coefficient (Wildman–Crippen LogP) is 2.75. The lowest BCUT2D eigenvalue weighted by Crippen LogP contribution is -2.10. The topological polar surface area (TPSA) is 38.1 Å². The van der Waals surface area contributed by atoms with Crippen LogP contribution in [-0.2, 0) is 7.05 Å². The summed E-state index contributed by atoms with van der Waals surface area (Å²) in [5.41, 5.74) is 0.853. The normalized spacial score (nSPS) is 15.3. The maximum absolute atomic E-state index is 10.0. The molecule has 1 heterocycles. The lowest BCUT2D eigenvalue weighted by atomic mass is 10.3. The van der Waals surface area contributed by atoms with Gasteiger partial charge < -0.3 is 5.11 Å². The van der Waals surface area contributed by atoms with Crippen molar-refractivity contribution in [3.05, 3.63) is 16.4 Å². The largest absolute Gasteiger partial charge is 0.386 e. The van der Waals surface area contributed by atoms with E-state index in [-0.39, 0.29) is 0 Å². The first-order valence-corrected chi connectivity index (χ1v) is 6.87. The van der Waals surface area contributed by atoms with E-state index in [0.717, 1.165) is 16.6 Å². The summed E-state index contributed by atoms with van der Waals surface area (Å²) in [6.45, 7) is 4.33. The minimum Gasteiger partial charge on any atom is -0.386 e. The zero-order valence-corrected chi connectivity index (χ0v) is 11.7. The van der Waals surface area contributed by atoms with Crippen LogP contribution in [0.1, 0.15) is 32.1 Å². The van der Waals surface area contributed by atoms with E-state index in [0.29, 0.717) is 11.0 Å². The second kappa shape index (κ2) is 5.92. The van der Waals surface area contributed by atoms with Crippen LogP contribution in [0.4, 0.5) is 0 Å². The van der Waals surface area contributed by atoms with E-state index in [2.05, 4.69) is 34.9 Å². The molecule has 2 unspecified atom stereocenters. The molecule has 0 saturated carbocycles. The molecule has 1 aromatic rings. The van der Waals surface area contributed by atoms with Gasteiger partial charge in [0.1, 0.15) is 6.10 Å². The van der Waals surface area contributed by atoms with E-state index in [9.17, 15) is 5.11 Å². The molecular weight excluding hydrogens is 276 g/mol. The van der Waals surface area contributed by atoms with Crippen molar-refractivity contribution in [2.45, 2.75) is 31.6 Å². The molecule has 1 rings (SSSR count). The van der Waals surface area contributed by atoms with Crippen molar-refractivity contribution in [2.75, 3.05) is 5.75 Å². The first kappa shape index (κ1) is 13.1. The predicted molar refractivity (Wildman–Crippen MR) is 68.1 cm³/mol. The number of aliphatic hydroxyl groups is 1. The van der Waals surface area contributed by atoms with Gasteiger partial charge in [-0.3, -0.25) is 4.68 Å². The molecule has 5 heteroatoms. The van der Waals surface area contributed by atoms with Crippen molar-refractivity contribution in [3.8, 4) is 0 Å². The molecule has 1 N–H and O–H groups in total. The monoisotopic (exact) mass is 292 g/mol. The first-order chi connectivity index (χ1) is 7.06. The summed E-state index contributed by atoms with van der Waals surface area (Å²) >= 11 is 5.18. The highest BCUT2D eigenvalue weighted by molar-refractivity contribution is 9.10. The molecule has 0 spiro atoms. The van der Waals surface area contributed by atoms with Gasteiger partial charge in [0.15, 0.2) is 0 Å². The van der Waals surface area contributed by atoms with Gasteiger partial charge in [0.05, 0.1) is 16.4 Å². The Morgan fingerprint density at radius 1 is 1.67 bits per heavy atom. The van der Waals surface area contributed by atoms with Crippen LogP contribution in [0.25, 0.3) is 0 Å². The Hall–Kier alpha value is 0. The second-order valence-electron chi connectivity index (χ2n) is 3.57. The molecule has 0 aliphatic heterocycles. The van der Waals surface area contributed by atoms with Crippen LogP contribution in [-0.4, -0.2) is 25.9 Å². The lowest BCUT2D eigenvalue weighted by Gasteiger charge is -2.14. The average Bonchev–Trinajstić information content (AvgIpc) is 2.54. The molecule has 15 heavy (non-hydrogen) atoms. The van der Waals surface area contributed by atoms with Gasteiger partial charge in [-0.15, -0.1) is 0 Å². The molecule has 0 amide bonds. The minimum absolute atomic E-state index is 0.453. The molecular formula is C10H17BrN2OS. The summed E-state index contributed by atoms with van der Waals surface area (Å²) in [5, 5.41) is 14.7. The zero-order valence-electron chi connectivity index (χ0n) is 9.27. The average molecular weight is 293 g/mol. The standard InChI is InChI=1S/C10H17BrN2OS/c1-4-7(2)15-6-9(14)10-8(11)5-12-13(10)3/h5,7,9,14H,4,6H2,1-3H3. The third kappa shape index (κ3) is 3.50. The summed E-state index contributed by atoms with van der Waals surface area (Å²) in [7, 11) is 1.84. The van der Waals surface area contributed by atoms with Crippen molar-refractivity contribution in [1.29, 1.82) is 0 Å². The van der Waals surface area contributed by atoms with Crippen LogP contribution in [0.5, 0.6) is 0 Å². The van der Waals surface area contributed by atoms with Crippen LogP contribution in [0, 0.1) is 0 Å². The molecule has 0 fully saturated rings. The molecule has 1 aromatic heterocycles. The first-order valence-electron chi connectivity index (χ1n) is 5.03. The maximum Gasteiger partial charge on any atom is 0.106 e. The van der Waals surface area contributed by atoms with E-state index in [1.165, 1.54) is 0 Å². The number of hydrogen-bond acceptors (Lipinski definition) is 3. The molecule has 0 aromatic carbocycles. The Balaban J connectivity index is 2.57. The summed E-state index contributed by atoms with van der Waals surface area (Å²) in [6, 6.07) is 0. The summed E-state index contributed by atoms with van der Waals surface area (Å²) in [6.07, 6.45) is 2.39. The van der Waals surface area contributed by atoms with Crippen molar-refractivity contribution in [2.24, 2.45) is 7.05 Å². The number of hydrogen-bond donors (Lipinski definition) is 1. The van der Waals surface area contributed by atoms with E-state index in [4.69, 9.17) is 0 Å². The number of aromatic nitrogens is 2. The number of aryl methyl sites for hydroxylation is 1. The van der Waals surface area contributed by atoms with Gasteiger partial charge in [0, 0.05) is 18.1 Å². The summed E-state index contributed by atoms with van der Waals surface area (Å²) < 4.78 is 2.59. The Morgan fingerprint density at radius 2 is 2.33 bits per heavy atom. The van der Waals surface area contributed by atoms with Crippen molar-refractivity contribution in [3.63, 3.8) is 0 Å². The SMILES string of the molecule is CCC(C)SCC(O)c1c(Br)cnn1C. The van der Waals surface area contributed by atoms with E-state index in [1.807, 2.05) is 7.05 Å². The molecule has 0 radical (unpaired) electrons. The highest BCUT2D eigenvalue weighted by Gasteiger charge is 2.16. The maximum atomic E-state index is 10.0. The third-order valence-corrected chi connectivity index (χ3v) is 4.39. The summed E-state index contributed by atoms with van der Waals surface area (Å²) in [4.78, 5) is 0. The highest BCUT2D eigenvalue weighted by Crippen LogP contribution is 2.27. The highest BCUT2D eigenvalue weighted by atomic mass is 79.9. The Kier molecular flexibility index (Phi) is 5.15. The van der Waals surface area contributed by atoms with Crippen molar-refractivity contribution >= 4 is 27.7 Å². The van der Waals surface area contributed by atoms with Gasteiger partial charge in [-0.05, 0) is 22.4 Å². The van der Waals surface area contributed by atoms with Gasteiger partial charge in [-0.2, -0.15) is 16.9 Å². The fourth-order valence-electron chi connectivity index (χ4n) is 1.25. The number of aliphatic hydroxyl groups excluding tert-OH is 1. The quantitative estimate of drug-likeness (QED) is 0.907. The van der Waals surface area contributed by atoms with Gasteiger partial charge in [-0.25, -0.2) is 0 Å². The van der Waals surface area contributed by atoms with Crippen LogP contribution in [0.3, 0.4) is 0 Å². The number of rotatable bonds is 5. The molecule has 0 saturated heterocycles. The molecule has 3 nitrogen and oxygen atoms in total. The number of thioether (sulfide) groups is 1. The minimum atomic E-state index is -0.453. The molecule has 0 aliphatic rings. The lowest BCUT2D eigenvalue weighted by molar-refractivity contribution is 0.193. The second-order valence-corrected chi connectivity index (χ2v) is 5.90. The van der Waals surface area contributed by atoms with Crippen LogP contribution < -0.4 is 0 Å². The van der Waals surface area contributed by atoms with Crippen LogP contribution >= 0.6 is 27.7 Å². The molecule has 0 aliphatic carbocycles. The van der Waals surface area contributed by atoms with Gasteiger partial charge >= 0.3 is 0 Å². The molecule has 86 valence electrons. The van der Waals surface area contributed by atoms with E-state index in [1.54, 1.807) is 22.6 Å². The number of nitrogens with zero attached hydrogens (tertiary/aromatic N) is 2. The van der Waals surface area contributed by atoms with Crippen molar-refractivity contribution in [1.82, 2.24) is 9.78 Å². The Bertz CT molecular complexity index is 297. The smallest absolute Gasteiger partial charge is 0.106 e. The van der Waals surface area contributed by atoms with E-state index < -0.39 is 6.10 Å². The molecule has 0 bridgehead atoms. The Labute approximate surface area is 103 Å². The van der Waals surface area contributed by atoms with Gasteiger partial charge in [0.25, 0.3) is 0 Å². The van der Waals surface area contributed by atoms with Gasteiger partial charge in [-0.1, -0.05) is 13.8 Å². The fraction of sp³-hybridized carbons (Fsp3) is 0.700. The van der Waals surface area contributed by atoms with E-state index >= 15 is 0 Å². The third-order valence-electron chi connectivity index (χ3n) is 2.37. The fourth-order valence-corrected chi connectivity index (χ4v) is 2.76. The zero-order chi connectivity index (χ0) is 11.4. The van der Waals surface area contributed by atoms with Crippen LogP contribution in [0.2, 0.25) is 0 Å². The van der Waals surface area contributed by atoms with Crippen LogP contribution in [0.15, 0.2) is 10.7 Å². The van der Waals surface area contributed by atoms with Gasteiger partial charge in [0.2, 0.25) is 0 Å². The van der Waals surface area contributed by atoms with Crippen molar-refractivity contribution < 1.29 is 5.11 Å². The molecule has 2 atom stereocenters.